The Morgan fingerprint density at radius 1 is 1.53 bits per heavy atom. The molecule has 17 heavy (non-hydrogen) atoms. The van der Waals surface area contributed by atoms with Gasteiger partial charge >= 0.3 is 0 Å². The van der Waals surface area contributed by atoms with Gasteiger partial charge in [-0.15, -0.1) is 11.3 Å². The van der Waals surface area contributed by atoms with E-state index in [0.717, 1.165) is 16.3 Å². The lowest BCUT2D eigenvalue weighted by Crippen LogP contribution is -2.25. The molecule has 0 aliphatic heterocycles. The third-order valence-electron chi connectivity index (χ3n) is 1.99. The summed E-state index contributed by atoms with van der Waals surface area (Å²) in [5, 5.41) is 6.91. The van der Waals surface area contributed by atoms with Crippen LogP contribution in [-0.4, -0.2) is 17.5 Å². The number of carbonyl (C=O) groups excluding carboxylic acids is 1. The van der Waals surface area contributed by atoms with Crippen molar-refractivity contribution in [1.29, 1.82) is 0 Å². The Hall–Kier alpha value is -1.24. The van der Waals surface area contributed by atoms with Crippen molar-refractivity contribution in [3.8, 4) is 10.6 Å². The van der Waals surface area contributed by atoms with Crippen molar-refractivity contribution < 1.29 is 9.63 Å². The Bertz CT molecular complexity index is 479. The first-order valence-electron chi connectivity index (χ1n) is 5.17. The summed E-state index contributed by atoms with van der Waals surface area (Å²) in [6.07, 6.45) is 0.251. The van der Waals surface area contributed by atoms with Crippen LogP contribution in [0.15, 0.2) is 22.2 Å². The first-order chi connectivity index (χ1) is 8.29. The van der Waals surface area contributed by atoms with Gasteiger partial charge in [0, 0.05) is 16.3 Å². The Balaban J connectivity index is 1.97. The highest BCUT2D eigenvalue weighted by Gasteiger charge is 2.08. The quantitative estimate of drug-likeness (QED) is 0.848. The molecule has 0 aliphatic carbocycles. The van der Waals surface area contributed by atoms with Crippen LogP contribution in [0.2, 0.25) is 0 Å². The number of nitrogens with one attached hydrogen (secondary N) is 1. The van der Waals surface area contributed by atoms with E-state index in [-0.39, 0.29) is 12.3 Å². The number of hydroxylamine groups is 1. The maximum Gasteiger partial charge on any atom is 0.249 e. The van der Waals surface area contributed by atoms with E-state index in [0.29, 0.717) is 6.61 Å². The smallest absolute Gasteiger partial charge is 0.249 e. The number of hydrogen-bond donors (Lipinski definition) is 1. The van der Waals surface area contributed by atoms with Crippen LogP contribution in [0.5, 0.6) is 0 Å². The third kappa shape index (κ3) is 3.36. The molecule has 2 aromatic rings. The number of carbonyl (C=O) groups is 1. The molecule has 1 amide bonds. The summed E-state index contributed by atoms with van der Waals surface area (Å²) in [7, 11) is 0. The molecule has 0 saturated carbocycles. The number of amides is 1. The fraction of sp³-hybridized carbons (Fsp3) is 0.273. The number of nitrogens with zero attached hydrogens (tertiary/aromatic N) is 1. The van der Waals surface area contributed by atoms with E-state index in [1.807, 2.05) is 29.1 Å². The summed E-state index contributed by atoms with van der Waals surface area (Å²) >= 11 is 3.18. The lowest BCUT2D eigenvalue weighted by atomic mass is 10.3. The molecule has 2 heterocycles. The zero-order valence-corrected chi connectivity index (χ0v) is 10.9. The Labute approximate surface area is 107 Å². The normalized spacial score (nSPS) is 10.4. The Morgan fingerprint density at radius 3 is 3.12 bits per heavy atom. The average molecular weight is 268 g/mol. The number of thiazole rings is 1. The van der Waals surface area contributed by atoms with E-state index in [9.17, 15) is 4.79 Å². The van der Waals surface area contributed by atoms with Crippen molar-refractivity contribution in [3.63, 3.8) is 0 Å². The molecule has 1 N–H and O–H groups in total. The molecule has 4 nitrogen and oxygen atoms in total. The second-order valence-corrected chi connectivity index (χ2v) is 4.93. The predicted octanol–water partition coefficient (Wildman–Crippen LogP) is 2.48. The highest BCUT2D eigenvalue weighted by atomic mass is 32.1. The maximum atomic E-state index is 11.4. The van der Waals surface area contributed by atoms with Crippen LogP contribution >= 0.6 is 22.7 Å². The Morgan fingerprint density at radius 2 is 2.41 bits per heavy atom. The molecule has 0 aliphatic rings. The van der Waals surface area contributed by atoms with Crippen molar-refractivity contribution >= 4 is 28.6 Å². The monoisotopic (exact) mass is 268 g/mol. The van der Waals surface area contributed by atoms with Crippen LogP contribution in [0.1, 0.15) is 12.6 Å². The molecule has 0 atom stereocenters. The molecule has 2 aromatic heterocycles. The Kier molecular flexibility index (Phi) is 4.24. The van der Waals surface area contributed by atoms with Crippen molar-refractivity contribution in [3.05, 3.63) is 27.9 Å². The van der Waals surface area contributed by atoms with Gasteiger partial charge in [0.2, 0.25) is 5.91 Å². The molecular formula is C11H12N2O2S2. The van der Waals surface area contributed by atoms with E-state index in [2.05, 4.69) is 10.5 Å². The van der Waals surface area contributed by atoms with Gasteiger partial charge in [-0.3, -0.25) is 9.63 Å². The zero-order valence-electron chi connectivity index (χ0n) is 9.30. The molecule has 0 aromatic carbocycles. The molecule has 0 unspecified atom stereocenters. The highest BCUT2D eigenvalue weighted by molar-refractivity contribution is 7.14. The summed E-state index contributed by atoms with van der Waals surface area (Å²) in [6, 6.07) is 2.02. The first-order valence-corrected chi connectivity index (χ1v) is 6.99. The molecule has 0 saturated heterocycles. The van der Waals surface area contributed by atoms with E-state index in [1.54, 1.807) is 22.7 Å². The van der Waals surface area contributed by atoms with Gasteiger partial charge in [0.1, 0.15) is 5.01 Å². The van der Waals surface area contributed by atoms with Crippen LogP contribution in [0.4, 0.5) is 0 Å². The predicted molar refractivity (Wildman–Crippen MR) is 68.9 cm³/mol. The van der Waals surface area contributed by atoms with Gasteiger partial charge in [-0.05, 0) is 18.4 Å². The number of thiophene rings is 1. The second kappa shape index (κ2) is 5.90. The van der Waals surface area contributed by atoms with Crippen molar-refractivity contribution in [2.24, 2.45) is 0 Å². The number of rotatable bonds is 5. The zero-order chi connectivity index (χ0) is 12.1. The molecule has 0 bridgehead atoms. The van der Waals surface area contributed by atoms with E-state index in [4.69, 9.17) is 4.84 Å². The first kappa shape index (κ1) is 12.2. The third-order valence-corrected chi connectivity index (χ3v) is 3.62. The van der Waals surface area contributed by atoms with Gasteiger partial charge in [-0.25, -0.2) is 10.5 Å². The molecule has 2 rings (SSSR count). The largest absolute Gasteiger partial charge is 0.274 e. The van der Waals surface area contributed by atoms with Crippen molar-refractivity contribution in [1.82, 2.24) is 10.5 Å². The van der Waals surface area contributed by atoms with Crippen LogP contribution in [0, 0.1) is 0 Å². The summed E-state index contributed by atoms with van der Waals surface area (Å²) in [5.74, 6) is -0.172. The SMILES string of the molecule is CCONC(=O)Cc1csc(-c2ccsc2)n1. The van der Waals surface area contributed by atoms with Gasteiger partial charge in [-0.2, -0.15) is 11.3 Å². The van der Waals surface area contributed by atoms with Crippen LogP contribution < -0.4 is 5.48 Å². The van der Waals surface area contributed by atoms with Crippen molar-refractivity contribution in [2.45, 2.75) is 13.3 Å². The topological polar surface area (TPSA) is 51.2 Å². The van der Waals surface area contributed by atoms with Gasteiger partial charge < -0.3 is 0 Å². The van der Waals surface area contributed by atoms with E-state index >= 15 is 0 Å². The van der Waals surface area contributed by atoms with Gasteiger partial charge in [0.15, 0.2) is 0 Å². The van der Waals surface area contributed by atoms with Crippen LogP contribution in [0.25, 0.3) is 10.6 Å². The minimum absolute atomic E-state index is 0.172. The van der Waals surface area contributed by atoms with E-state index < -0.39 is 0 Å². The molecule has 90 valence electrons. The average Bonchev–Trinajstić information content (AvgIpc) is 2.95. The molecule has 0 spiro atoms. The van der Waals surface area contributed by atoms with Crippen LogP contribution in [-0.2, 0) is 16.1 Å². The molecule has 6 heteroatoms. The van der Waals surface area contributed by atoms with Gasteiger partial charge in [0.25, 0.3) is 0 Å². The van der Waals surface area contributed by atoms with Crippen LogP contribution in [0.3, 0.4) is 0 Å². The fourth-order valence-electron chi connectivity index (χ4n) is 1.26. The number of aromatic nitrogens is 1. The minimum Gasteiger partial charge on any atom is -0.274 e. The summed E-state index contributed by atoms with van der Waals surface area (Å²) < 4.78 is 0. The minimum atomic E-state index is -0.172. The van der Waals surface area contributed by atoms with E-state index in [1.165, 1.54) is 0 Å². The maximum absolute atomic E-state index is 11.4. The summed E-state index contributed by atoms with van der Waals surface area (Å²) in [6.45, 7) is 2.28. The lowest BCUT2D eigenvalue weighted by molar-refractivity contribution is -0.132. The van der Waals surface area contributed by atoms with Gasteiger partial charge in [-0.1, -0.05) is 0 Å². The second-order valence-electron chi connectivity index (χ2n) is 3.29. The molecule has 0 radical (unpaired) electrons. The fourth-order valence-corrected chi connectivity index (χ4v) is 2.79. The van der Waals surface area contributed by atoms with Crippen molar-refractivity contribution in [2.75, 3.05) is 6.61 Å². The lowest BCUT2D eigenvalue weighted by Gasteiger charge is -2.00. The summed E-state index contributed by atoms with van der Waals surface area (Å²) in [5.41, 5.74) is 4.23. The summed E-state index contributed by atoms with van der Waals surface area (Å²) in [4.78, 5) is 20.6. The molecular weight excluding hydrogens is 256 g/mol. The number of hydrogen-bond acceptors (Lipinski definition) is 5. The standard InChI is InChI=1S/C11H12N2O2S2/c1-2-15-13-10(14)5-9-7-17-11(12-9)8-3-4-16-6-8/h3-4,6-7H,2,5H2,1H3,(H,13,14). The highest BCUT2D eigenvalue weighted by Crippen LogP contribution is 2.25. The van der Waals surface area contributed by atoms with Gasteiger partial charge in [0.05, 0.1) is 18.7 Å². The molecule has 0 fully saturated rings.